The summed E-state index contributed by atoms with van der Waals surface area (Å²) in [4.78, 5) is 10.3. The molecule has 26 heavy (non-hydrogen) atoms. The number of rotatable bonds is 2. The lowest BCUT2D eigenvalue weighted by atomic mass is 10.0. The smallest absolute Gasteiger partial charge is 0.354 e. The van der Waals surface area contributed by atoms with Gasteiger partial charge in [0.05, 0.1) is 5.52 Å². The molecule has 1 aliphatic rings. The first-order chi connectivity index (χ1) is 12.5. The summed E-state index contributed by atoms with van der Waals surface area (Å²) in [5.74, 6) is 0.776. The summed E-state index contributed by atoms with van der Waals surface area (Å²) in [6.07, 6.45) is -2.84. The molecule has 0 bridgehead atoms. The monoisotopic (exact) mass is 358 g/mol. The van der Waals surface area contributed by atoms with E-state index in [2.05, 4.69) is 20.2 Å². The third kappa shape index (κ3) is 3.22. The SMILES string of the molecule is FC(F)(F)c1cc(-c2ccnc(N3CCNCC3)c2)c2ccccc2n1. The molecule has 3 aromatic rings. The first-order valence-corrected chi connectivity index (χ1v) is 8.41. The lowest BCUT2D eigenvalue weighted by molar-refractivity contribution is -0.140. The molecule has 1 aromatic carbocycles. The van der Waals surface area contributed by atoms with Crippen molar-refractivity contribution in [2.45, 2.75) is 6.18 Å². The number of para-hydroxylation sites is 1. The van der Waals surface area contributed by atoms with Crippen LogP contribution in [0.3, 0.4) is 0 Å². The van der Waals surface area contributed by atoms with E-state index in [1.54, 1.807) is 36.5 Å². The molecule has 0 atom stereocenters. The summed E-state index contributed by atoms with van der Waals surface area (Å²) in [5, 5.41) is 3.97. The summed E-state index contributed by atoms with van der Waals surface area (Å²) >= 11 is 0. The normalized spacial score (nSPS) is 15.4. The van der Waals surface area contributed by atoms with Gasteiger partial charge in [0, 0.05) is 37.8 Å². The van der Waals surface area contributed by atoms with Crippen LogP contribution in [0.5, 0.6) is 0 Å². The predicted octanol–water partition coefficient (Wildman–Crippen LogP) is 3.73. The van der Waals surface area contributed by atoms with Gasteiger partial charge in [-0.3, -0.25) is 0 Å². The second-order valence-electron chi connectivity index (χ2n) is 6.21. The summed E-state index contributed by atoms with van der Waals surface area (Å²) in [7, 11) is 0. The van der Waals surface area contributed by atoms with E-state index in [0.717, 1.165) is 38.1 Å². The molecular weight excluding hydrogens is 341 g/mol. The van der Waals surface area contributed by atoms with Crippen LogP contribution in [0.2, 0.25) is 0 Å². The third-order valence-corrected chi connectivity index (χ3v) is 4.50. The maximum absolute atomic E-state index is 13.3. The lowest BCUT2D eigenvalue weighted by Crippen LogP contribution is -2.43. The van der Waals surface area contributed by atoms with Gasteiger partial charge in [-0.2, -0.15) is 13.2 Å². The zero-order valence-electron chi connectivity index (χ0n) is 13.9. The number of hydrogen-bond donors (Lipinski definition) is 1. The summed E-state index contributed by atoms with van der Waals surface area (Å²) in [6, 6.07) is 11.6. The van der Waals surface area contributed by atoms with Gasteiger partial charge in [-0.15, -0.1) is 0 Å². The number of fused-ring (bicyclic) bond motifs is 1. The molecule has 1 aliphatic heterocycles. The zero-order valence-corrected chi connectivity index (χ0v) is 13.9. The fraction of sp³-hybridized carbons (Fsp3) is 0.263. The number of aromatic nitrogens is 2. The molecule has 0 aliphatic carbocycles. The Bertz CT molecular complexity index is 933. The van der Waals surface area contributed by atoms with Crippen LogP contribution in [0, 0.1) is 0 Å². The molecule has 0 spiro atoms. The van der Waals surface area contributed by atoms with Crippen LogP contribution in [0.25, 0.3) is 22.0 Å². The molecule has 0 unspecified atom stereocenters. The highest BCUT2D eigenvalue weighted by Crippen LogP contribution is 2.35. The Morgan fingerprint density at radius 2 is 1.77 bits per heavy atom. The highest BCUT2D eigenvalue weighted by molar-refractivity contribution is 5.95. The number of alkyl halides is 3. The molecular formula is C19H17F3N4. The standard InChI is InChI=1S/C19H17F3N4/c20-19(21,22)17-12-15(14-3-1-2-4-16(14)25-17)13-5-6-24-18(11-13)26-9-7-23-8-10-26/h1-6,11-12,23H,7-10H2. The van der Waals surface area contributed by atoms with Crippen LogP contribution in [0.4, 0.5) is 19.0 Å². The minimum atomic E-state index is -4.49. The van der Waals surface area contributed by atoms with Gasteiger partial charge in [0.2, 0.25) is 0 Å². The van der Waals surface area contributed by atoms with Gasteiger partial charge in [-0.05, 0) is 35.4 Å². The average Bonchev–Trinajstić information content (AvgIpc) is 2.67. The number of hydrogen-bond acceptors (Lipinski definition) is 4. The van der Waals surface area contributed by atoms with Crippen LogP contribution in [-0.4, -0.2) is 36.1 Å². The molecule has 4 rings (SSSR count). The minimum Gasteiger partial charge on any atom is -0.354 e. The highest BCUT2D eigenvalue weighted by Gasteiger charge is 2.33. The Hall–Kier alpha value is -2.67. The number of halogens is 3. The van der Waals surface area contributed by atoms with Gasteiger partial charge in [0.1, 0.15) is 11.5 Å². The molecule has 1 saturated heterocycles. The Balaban J connectivity index is 1.85. The fourth-order valence-corrected chi connectivity index (χ4v) is 3.21. The Kier molecular flexibility index (Phi) is 4.24. The largest absolute Gasteiger partial charge is 0.433 e. The van der Waals surface area contributed by atoms with Gasteiger partial charge < -0.3 is 10.2 Å². The molecule has 1 fully saturated rings. The van der Waals surface area contributed by atoms with E-state index in [1.165, 1.54) is 0 Å². The van der Waals surface area contributed by atoms with E-state index in [9.17, 15) is 13.2 Å². The molecule has 3 heterocycles. The van der Waals surface area contributed by atoms with E-state index in [0.29, 0.717) is 22.0 Å². The van der Waals surface area contributed by atoms with E-state index in [4.69, 9.17) is 0 Å². The van der Waals surface area contributed by atoms with Crippen LogP contribution >= 0.6 is 0 Å². The second kappa shape index (κ2) is 6.57. The van der Waals surface area contributed by atoms with Gasteiger partial charge in [0.15, 0.2) is 0 Å². The molecule has 0 radical (unpaired) electrons. The predicted molar refractivity (Wildman–Crippen MR) is 95.1 cm³/mol. The number of anilines is 1. The summed E-state index contributed by atoms with van der Waals surface area (Å²) in [6.45, 7) is 3.37. The topological polar surface area (TPSA) is 41.1 Å². The second-order valence-corrected chi connectivity index (χ2v) is 6.21. The first-order valence-electron chi connectivity index (χ1n) is 8.41. The van der Waals surface area contributed by atoms with Crippen molar-refractivity contribution in [3.63, 3.8) is 0 Å². The van der Waals surface area contributed by atoms with Crippen molar-refractivity contribution < 1.29 is 13.2 Å². The lowest BCUT2D eigenvalue weighted by Gasteiger charge is -2.28. The van der Waals surface area contributed by atoms with Crippen LogP contribution < -0.4 is 10.2 Å². The molecule has 2 aromatic heterocycles. The van der Waals surface area contributed by atoms with Gasteiger partial charge in [0.25, 0.3) is 0 Å². The molecule has 7 heteroatoms. The molecule has 0 saturated carbocycles. The van der Waals surface area contributed by atoms with Crippen molar-refractivity contribution in [2.24, 2.45) is 0 Å². The Morgan fingerprint density at radius 3 is 2.54 bits per heavy atom. The van der Waals surface area contributed by atoms with E-state index in [-0.39, 0.29) is 0 Å². The maximum atomic E-state index is 13.3. The molecule has 4 nitrogen and oxygen atoms in total. The first kappa shape index (κ1) is 16.8. The quantitative estimate of drug-likeness (QED) is 0.758. The van der Waals surface area contributed by atoms with Crippen molar-refractivity contribution in [1.82, 2.24) is 15.3 Å². The van der Waals surface area contributed by atoms with Crippen LogP contribution in [0.15, 0.2) is 48.7 Å². The number of benzene rings is 1. The van der Waals surface area contributed by atoms with E-state index < -0.39 is 11.9 Å². The Morgan fingerprint density at radius 1 is 1.00 bits per heavy atom. The number of nitrogens with one attached hydrogen (secondary N) is 1. The van der Waals surface area contributed by atoms with Crippen LogP contribution in [-0.2, 0) is 6.18 Å². The molecule has 1 N–H and O–H groups in total. The molecule has 134 valence electrons. The summed E-state index contributed by atoms with van der Waals surface area (Å²) in [5.41, 5.74) is 0.670. The maximum Gasteiger partial charge on any atom is 0.433 e. The Labute approximate surface area is 148 Å². The van der Waals surface area contributed by atoms with Crippen molar-refractivity contribution in [3.8, 4) is 11.1 Å². The highest BCUT2D eigenvalue weighted by atomic mass is 19.4. The van der Waals surface area contributed by atoms with Crippen LogP contribution in [0.1, 0.15) is 5.69 Å². The number of pyridine rings is 2. The van der Waals surface area contributed by atoms with Crippen molar-refractivity contribution in [2.75, 3.05) is 31.1 Å². The van der Waals surface area contributed by atoms with Gasteiger partial charge in [-0.25, -0.2) is 9.97 Å². The average molecular weight is 358 g/mol. The van der Waals surface area contributed by atoms with Crippen molar-refractivity contribution in [3.05, 3.63) is 54.4 Å². The minimum absolute atomic E-state index is 0.331. The van der Waals surface area contributed by atoms with Crippen molar-refractivity contribution >= 4 is 16.7 Å². The molecule has 0 amide bonds. The zero-order chi connectivity index (χ0) is 18.1. The summed E-state index contributed by atoms with van der Waals surface area (Å²) < 4.78 is 39.9. The van der Waals surface area contributed by atoms with Gasteiger partial charge >= 0.3 is 6.18 Å². The van der Waals surface area contributed by atoms with E-state index in [1.807, 2.05) is 6.07 Å². The number of piperazine rings is 1. The number of nitrogens with zero attached hydrogens (tertiary/aromatic N) is 3. The fourth-order valence-electron chi connectivity index (χ4n) is 3.21. The van der Waals surface area contributed by atoms with Gasteiger partial charge in [-0.1, -0.05) is 18.2 Å². The van der Waals surface area contributed by atoms with Crippen molar-refractivity contribution in [1.29, 1.82) is 0 Å². The third-order valence-electron chi connectivity index (χ3n) is 4.50. The van der Waals surface area contributed by atoms with E-state index >= 15 is 0 Å².